The molecule has 0 bridgehead atoms. The zero-order valence-electron chi connectivity index (χ0n) is 13.8. The summed E-state index contributed by atoms with van der Waals surface area (Å²) in [4.78, 5) is 2.84. The Morgan fingerprint density at radius 2 is 1.67 bits per heavy atom. The van der Waals surface area contributed by atoms with E-state index in [1.807, 2.05) is 0 Å². The first kappa shape index (κ1) is 17.0. The third-order valence-corrected chi connectivity index (χ3v) is 5.10. The molecule has 0 radical (unpaired) electrons. The molecule has 27 heavy (non-hydrogen) atoms. The number of aromatic amines is 1. The van der Waals surface area contributed by atoms with E-state index in [0.717, 1.165) is 0 Å². The van der Waals surface area contributed by atoms with Crippen LogP contribution in [0.25, 0.3) is 23.0 Å². The zero-order chi connectivity index (χ0) is 18.9. The summed E-state index contributed by atoms with van der Waals surface area (Å²) in [5.74, 6) is -0.0504. The number of H-pyrrole nitrogens is 1. The Morgan fingerprint density at radius 1 is 0.963 bits per heavy atom. The van der Waals surface area contributed by atoms with Gasteiger partial charge in [0.05, 0.1) is 0 Å². The highest BCUT2D eigenvalue weighted by Gasteiger charge is 2.19. The standard InChI is InChI=1S/C18H13FN4O3S/c19-13-8-6-12(7-9-13)17-21-22-18(26-17)16-10-15(11-20-16)27(24,25)23-14-4-2-1-3-5-14/h1-11,20,23H. The van der Waals surface area contributed by atoms with Gasteiger partial charge in [0.15, 0.2) is 0 Å². The average molecular weight is 384 g/mol. The van der Waals surface area contributed by atoms with E-state index in [1.54, 1.807) is 30.3 Å². The molecule has 2 aromatic carbocycles. The van der Waals surface area contributed by atoms with Crippen LogP contribution >= 0.6 is 0 Å². The van der Waals surface area contributed by atoms with Gasteiger partial charge in [-0.15, -0.1) is 10.2 Å². The molecule has 4 aromatic rings. The second-order valence-electron chi connectivity index (χ2n) is 5.64. The minimum absolute atomic E-state index is 0.0304. The summed E-state index contributed by atoms with van der Waals surface area (Å²) in [6.07, 6.45) is 1.34. The van der Waals surface area contributed by atoms with Crippen LogP contribution in [0.5, 0.6) is 0 Å². The second-order valence-corrected chi connectivity index (χ2v) is 7.32. The molecule has 7 nitrogen and oxygen atoms in total. The number of para-hydroxylation sites is 1. The van der Waals surface area contributed by atoms with Crippen molar-refractivity contribution in [3.8, 4) is 23.0 Å². The van der Waals surface area contributed by atoms with Gasteiger partial charge in [-0.1, -0.05) is 18.2 Å². The second kappa shape index (κ2) is 6.69. The number of hydrogen-bond donors (Lipinski definition) is 2. The molecule has 0 spiro atoms. The summed E-state index contributed by atoms with van der Waals surface area (Å²) in [5, 5.41) is 7.82. The summed E-state index contributed by atoms with van der Waals surface area (Å²) < 4.78 is 46.0. The lowest BCUT2D eigenvalue weighted by molar-refractivity contribution is 0.582. The molecule has 0 aliphatic carbocycles. The quantitative estimate of drug-likeness (QED) is 0.547. The summed E-state index contributed by atoms with van der Waals surface area (Å²) in [7, 11) is -3.76. The average Bonchev–Trinajstić information content (AvgIpc) is 3.33. The maximum atomic E-state index is 13.0. The van der Waals surface area contributed by atoms with Crippen molar-refractivity contribution in [2.75, 3.05) is 4.72 Å². The van der Waals surface area contributed by atoms with Crippen LogP contribution in [0, 0.1) is 5.82 Å². The molecule has 2 N–H and O–H groups in total. The SMILES string of the molecule is O=S(=O)(Nc1ccccc1)c1c[nH]c(-c2nnc(-c3ccc(F)cc3)o2)c1. The Hall–Kier alpha value is -3.46. The van der Waals surface area contributed by atoms with Gasteiger partial charge in [0, 0.05) is 17.4 Å². The number of halogens is 1. The van der Waals surface area contributed by atoms with Crippen LogP contribution in [0.3, 0.4) is 0 Å². The van der Waals surface area contributed by atoms with Gasteiger partial charge in [0.1, 0.15) is 16.4 Å². The minimum Gasteiger partial charge on any atom is -0.415 e. The van der Waals surface area contributed by atoms with Crippen molar-refractivity contribution in [2.45, 2.75) is 4.90 Å². The maximum absolute atomic E-state index is 13.0. The highest BCUT2D eigenvalue weighted by molar-refractivity contribution is 7.92. The summed E-state index contributed by atoms with van der Waals surface area (Å²) in [5.41, 5.74) is 1.36. The molecule has 4 rings (SSSR count). The number of sulfonamides is 1. The van der Waals surface area contributed by atoms with Gasteiger partial charge in [-0.2, -0.15) is 0 Å². The Balaban J connectivity index is 1.58. The first-order valence-corrected chi connectivity index (χ1v) is 9.36. The van der Waals surface area contributed by atoms with Gasteiger partial charge in [-0.05, 0) is 42.5 Å². The molecule has 0 fully saturated rings. The molecule has 0 unspecified atom stereocenters. The molecule has 0 saturated heterocycles. The van der Waals surface area contributed by atoms with Crippen molar-refractivity contribution < 1.29 is 17.2 Å². The number of anilines is 1. The van der Waals surface area contributed by atoms with Crippen molar-refractivity contribution in [1.29, 1.82) is 0 Å². The van der Waals surface area contributed by atoms with Crippen LogP contribution in [0.4, 0.5) is 10.1 Å². The van der Waals surface area contributed by atoms with Crippen LogP contribution < -0.4 is 4.72 Å². The van der Waals surface area contributed by atoms with Crippen molar-refractivity contribution in [1.82, 2.24) is 15.2 Å². The number of benzene rings is 2. The lowest BCUT2D eigenvalue weighted by Gasteiger charge is -2.05. The van der Waals surface area contributed by atoms with Crippen LogP contribution in [-0.4, -0.2) is 23.6 Å². The van der Waals surface area contributed by atoms with E-state index in [0.29, 0.717) is 16.9 Å². The molecule has 0 amide bonds. The minimum atomic E-state index is -3.76. The Bertz CT molecular complexity index is 1170. The third-order valence-electron chi connectivity index (χ3n) is 3.74. The van der Waals surface area contributed by atoms with Crippen molar-refractivity contribution in [3.05, 3.63) is 72.7 Å². The van der Waals surface area contributed by atoms with Crippen LogP contribution in [0.1, 0.15) is 0 Å². The fraction of sp³-hybridized carbons (Fsp3) is 0. The maximum Gasteiger partial charge on any atom is 0.264 e. The normalized spacial score (nSPS) is 11.4. The molecular weight excluding hydrogens is 371 g/mol. The topological polar surface area (TPSA) is 101 Å². The molecule has 0 saturated carbocycles. The van der Waals surface area contributed by atoms with Gasteiger partial charge in [-0.25, -0.2) is 12.8 Å². The van der Waals surface area contributed by atoms with Crippen molar-refractivity contribution in [3.63, 3.8) is 0 Å². The van der Waals surface area contributed by atoms with Crippen LogP contribution in [-0.2, 0) is 10.0 Å². The molecule has 136 valence electrons. The Labute approximate surface area is 153 Å². The molecule has 0 aliphatic rings. The molecule has 2 aromatic heterocycles. The van der Waals surface area contributed by atoms with Gasteiger partial charge in [0.2, 0.25) is 5.89 Å². The number of nitrogens with one attached hydrogen (secondary N) is 2. The summed E-state index contributed by atoms with van der Waals surface area (Å²) >= 11 is 0. The number of nitrogens with zero attached hydrogens (tertiary/aromatic N) is 2. The summed E-state index contributed by atoms with van der Waals surface area (Å²) in [6.45, 7) is 0. The van der Waals surface area contributed by atoms with E-state index in [9.17, 15) is 12.8 Å². The Kier molecular flexibility index (Phi) is 4.21. The Morgan fingerprint density at radius 3 is 2.41 bits per heavy atom. The van der Waals surface area contributed by atoms with Gasteiger partial charge < -0.3 is 9.40 Å². The monoisotopic (exact) mass is 384 g/mol. The number of hydrogen-bond acceptors (Lipinski definition) is 5. The number of aromatic nitrogens is 3. The van der Waals surface area contributed by atoms with Crippen LogP contribution in [0.2, 0.25) is 0 Å². The highest BCUT2D eigenvalue weighted by atomic mass is 32.2. The van der Waals surface area contributed by atoms with E-state index in [1.165, 1.54) is 36.5 Å². The van der Waals surface area contributed by atoms with Crippen LogP contribution in [0.15, 0.2) is 76.2 Å². The zero-order valence-corrected chi connectivity index (χ0v) is 14.6. The predicted molar refractivity (Wildman–Crippen MR) is 96.7 cm³/mol. The molecule has 0 aliphatic heterocycles. The summed E-state index contributed by atoms with van der Waals surface area (Å²) in [6, 6.07) is 15.6. The molecule has 2 heterocycles. The van der Waals surface area contributed by atoms with E-state index in [-0.39, 0.29) is 22.5 Å². The van der Waals surface area contributed by atoms with Crippen molar-refractivity contribution >= 4 is 15.7 Å². The van der Waals surface area contributed by atoms with E-state index < -0.39 is 10.0 Å². The van der Waals surface area contributed by atoms with E-state index in [4.69, 9.17) is 4.42 Å². The van der Waals surface area contributed by atoms with Gasteiger partial charge >= 0.3 is 0 Å². The number of rotatable bonds is 5. The largest absolute Gasteiger partial charge is 0.415 e. The van der Waals surface area contributed by atoms with Gasteiger partial charge in [0.25, 0.3) is 15.9 Å². The molecular formula is C18H13FN4O3S. The lowest BCUT2D eigenvalue weighted by Crippen LogP contribution is -2.11. The first-order chi connectivity index (χ1) is 13.0. The smallest absolute Gasteiger partial charge is 0.264 e. The predicted octanol–water partition coefficient (Wildman–Crippen LogP) is 3.67. The fourth-order valence-electron chi connectivity index (χ4n) is 2.41. The van der Waals surface area contributed by atoms with Crippen molar-refractivity contribution in [2.24, 2.45) is 0 Å². The first-order valence-electron chi connectivity index (χ1n) is 7.87. The molecule has 0 atom stereocenters. The molecule has 9 heteroatoms. The highest BCUT2D eigenvalue weighted by Crippen LogP contribution is 2.25. The van der Waals surface area contributed by atoms with E-state index in [2.05, 4.69) is 19.9 Å². The fourth-order valence-corrected chi connectivity index (χ4v) is 3.47. The van der Waals surface area contributed by atoms with E-state index >= 15 is 0 Å². The van der Waals surface area contributed by atoms with Gasteiger partial charge in [-0.3, -0.25) is 4.72 Å². The third kappa shape index (κ3) is 3.58. The lowest BCUT2D eigenvalue weighted by atomic mass is 10.2.